The molecule has 4 heterocycles. The third-order valence-corrected chi connectivity index (χ3v) is 6.67. The Balaban J connectivity index is 1.24. The average Bonchev–Trinajstić information content (AvgIpc) is 3.22. The van der Waals surface area contributed by atoms with Crippen LogP contribution >= 0.6 is 0 Å². The normalized spacial score (nSPS) is 19.1. The highest BCUT2D eigenvalue weighted by Crippen LogP contribution is 2.25. The van der Waals surface area contributed by atoms with Crippen molar-refractivity contribution in [2.75, 3.05) is 49.1 Å². The van der Waals surface area contributed by atoms with Gasteiger partial charge in [0, 0.05) is 56.7 Å². The van der Waals surface area contributed by atoms with Crippen molar-refractivity contribution in [3.05, 3.63) is 60.2 Å². The van der Waals surface area contributed by atoms with Gasteiger partial charge in [-0.1, -0.05) is 18.2 Å². The second-order valence-electron chi connectivity index (χ2n) is 9.01. The lowest BCUT2D eigenvalue weighted by molar-refractivity contribution is -0.136. The van der Waals surface area contributed by atoms with Crippen molar-refractivity contribution in [2.45, 2.75) is 26.7 Å². The van der Waals surface area contributed by atoms with Gasteiger partial charge in [0.1, 0.15) is 12.1 Å². The maximum Gasteiger partial charge on any atom is 0.227 e. The molecule has 2 fully saturated rings. The Bertz CT molecular complexity index is 1100. The second kappa shape index (κ2) is 9.21. The van der Waals surface area contributed by atoms with E-state index in [9.17, 15) is 4.79 Å². The molecule has 2 aliphatic rings. The molecule has 8 nitrogen and oxygen atoms in total. The number of benzene rings is 1. The van der Waals surface area contributed by atoms with Crippen molar-refractivity contribution >= 4 is 17.4 Å². The summed E-state index contributed by atoms with van der Waals surface area (Å²) in [6.45, 7) is 8.92. The summed E-state index contributed by atoms with van der Waals surface area (Å²) in [5.41, 5.74) is 3.23. The predicted molar refractivity (Wildman–Crippen MR) is 129 cm³/mol. The Morgan fingerprint density at radius 2 is 1.67 bits per heavy atom. The SMILES string of the molecule is Cc1cc(C)n(-c2cc(N3CCCC(C(=O)N4CCN(c5ccccc5)CC4)C3)ncn2)n1. The summed E-state index contributed by atoms with van der Waals surface area (Å²) in [4.78, 5) is 28.9. The van der Waals surface area contributed by atoms with Gasteiger partial charge in [-0.05, 0) is 44.9 Å². The number of para-hydroxylation sites is 1. The van der Waals surface area contributed by atoms with Gasteiger partial charge < -0.3 is 14.7 Å². The van der Waals surface area contributed by atoms with Crippen molar-refractivity contribution in [3.63, 3.8) is 0 Å². The van der Waals surface area contributed by atoms with Crippen molar-refractivity contribution in [1.29, 1.82) is 0 Å². The first-order valence-electron chi connectivity index (χ1n) is 11.8. The van der Waals surface area contributed by atoms with E-state index in [4.69, 9.17) is 0 Å². The van der Waals surface area contributed by atoms with Gasteiger partial charge in [0.25, 0.3) is 0 Å². The number of piperidine rings is 1. The molecule has 2 saturated heterocycles. The number of piperazine rings is 1. The third-order valence-electron chi connectivity index (χ3n) is 6.67. The van der Waals surface area contributed by atoms with Crippen molar-refractivity contribution in [1.82, 2.24) is 24.6 Å². The van der Waals surface area contributed by atoms with Crippen LogP contribution in [0.15, 0.2) is 48.8 Å². The molecule has 2 aromatic heterocycles. The molecule has 0 spiro atoms. The van der Waals surface area contributed by atoms with E-state index >= 15 is 0 Å². The van der Waals surface area contributed by atoms with Gasteiger partial charge >= 0.3 is 0 Å². The summed E-state index contributed by atoms with van der Waals surface area (Å²) >= 11 is 0. The molecule has 0 N–H and O–H groups in total. The zero-order valence-electron chi connectivity index (χ0n) is 19.4. The minimum atomic E-state index is 0.00845. The molecule has 8 heteroatoms. The van der Waals surface area contributed by atoms with Crippen molar-refractivity contribution in [2.24, 2.45) is 5.92 Å². The highest BCUT2D eigenvalue weighted by molar-refractivity contribution is 5.80. The summed E-state index contributed by atoms with van der Waals surface area (Å²) in [6, 6.07) is 14.5. The molecule has 172 valence electrons. The molecule has 0 bridgehead atoms. The number of rotatable bonds is 4. The van der Waals surface area contributed by atoms with Crippen molar-refractivity contribution < 1.29 is 4.79 Å². The van der Waals surface area contributed by atoms with E-state index in [0.717, 1.165) is 68.6 Å². The van der Waals surface area contributed by atoms with Crippen LogP contribution < -0.4 is 9.80 Å². The minimum absolute atomic E-state index is 0.00845. The fourth-order valence-electron chi connectivity index (χ4n) is 4.96. The molecular weight excluding hydrogens is 414 g/mol. The second-order valence-corrected chi connectivity index (χ2v) is 9.01. The average molecular weight is 446 g/mol. The number of aromatic nitrogens is 4. The number of anilines is 2. The first-order valence-corrected chi connectivity index (χ1v) is 11.8. The predicted octanol–water partition coefficient (Wildman–Crippen LogP) is 2.84. The van der Waals surface area contributed by atoms with Gasteiger partial charge in [-0.15, -0.1) is 0 Å². The lowest BCUT2D eigenvalue weighted by Gasteiger charge is -2.40. The Morgan fingerprint density at radius 3 is 2.39 bits per heavy atom. The third kappa shape index (κ3) is 4.55. The molecule has 1 atom stereocenters. The summed E-state index contributed by atoms with van der Waals surface area (Å²) in [6.07, 6.45) is 3.51. The lowest BCUT2D eigenvalue weighted by atomic mass is 9.96. The maximum atomic E-state index is 13.3. The van der Waals surface area contributed by atoms with Crippen molar-refractivity contribution in [3.8, 4) is 5.82 Å². The number of hydrogen-bond donors (Lipinski definition) is 0. The van der Waals surface area contributed by atoms with Gasteiger partial charge in [0.05, 0.1) is 11.6 Å². The van der Waals surface area contributed by atoms with Crippen LogP contribution in [0.5, 0.6) is 0 Å². The molecule has 0 radical (unpaired) electrons. The summed E-state index contributed by atoms with van der Waals surface area (Å²) < 4.78 is 1.85. The van der Waals surface area contributed by atoms with Crippen LogP contribution in [-0.4, -0.2) is 69.8 Å². The van der Waals surface area contributed by atoms with Crippen LogP contribution in [0, 0.1) is 19.8 Å². The highest BCUT2D eigenvalue weighted by atomic mass is 16.2. The highest BCUT2D eigenvalue weighted by Gasteiger charge is 2.31. The summed E-state index contributed by atoms with van der Waals surface area (Å²) in [7, 11) is 0. The van der Waals surface area contributed by atoms with Crippen LogP contribution in [0.25, 0.3) is 5.82 Å². The van der Waals surface area contributed by atoms with E-state index in [1.165, 1.54) is 5.69 Å². The van der Waals surface area contributed by atoms with E-state index in [1.54, 1.807) is 6.33 Å². The Labute approximate surface area is 194 Å². The van der Waals surface area contributed by atoms with Crippen LogP contribution in [-0.2, 0) is 4.79 Å². The van der Waals surface area contributed by atoms with Gasteiger partial charge in [-0.2, -0.15) is 5.10 Å². The Kier molecular flexibility index (Phi) is 5.98. The molecule has 3 aromatic rings. The minimum Gasteiger partial charge on any atom is -0.368 e. The molecule has 2 aliphatic heterocycles. The summed E-state index contributed by atoms with van der Waals surface area (Å²) in [5, 5.41) is 4.54. The fraction of sp³-hybridized carbons (Fsp3) is 0.440. The molecular formula is C25H31N7O. The van der Waals surface area contributed by atoms with E-state index in [2.05, 4.69) is 54.0 Å². The number of hydrogen-bond acceptors (Lipinski definition) is 6. The lowest BCUT2D eigenvalue weighted by Crippen LogP contribution is -2.52. The molecule has 33 heavy (non-hydrogen) atoms. The zero-order valence-corrected chi connectivity index (χ0v) is 19.4. The van der Waals surface area contributed by atoms with Crippen LogP contribution in [0.4, 0.5) is 11.5 Å². The zero-order chi connectivity index (χ0) is 22.8. The van der Waals surface area contributed by atoms with E-state index in [-0.39, 0.29) is 11.8 Å². The molecule has 1 unspecified atom stereocenters. The smallest absolute Gasteiger partial charge is 0.227 e. The number of nitrogens with zero attached hydrogens (tertiary/aromatic N) is 7. The number of amides is 1. The van der Waals surface area contributed by atoms with E-state index < -0.39 is 0 Å². The van der Waals surface area contributed by atoms with Crippen LogP contribution in [0.1, 0.15) is 24.2 Å². The first-order chi connectivity index (χ1) is 16.1. The first kappa shape index (κ1) is 21.4. The van der Waals surface area contributed by atoms with Gasteiger partial charge in [-0.3, -0.25) is 4.79 Å². The largest absolute Gasteiger partial charge is 0.368 e. The quantitative estimate of drug-likeness (QED) is 0.615. The van der Waals surface area contributed by atoms with E-state index in [0.29, 0.717) is 6.54 Å². The number of carbonyl (C=O) groups excluding carboxylic acids is 1. The molecule has 0 aliphatic carbocycles. The Hall–Kier alpha value is -3.42. The standard InChI is InChI=1S/C25H31N7O/c1-19-15-20(2)32(28-19)24-16-23(26-18-27-24)31-10-6-7-21(17-31)25(33)30-13-11-29(12-14-30)22-8-4-3-5-9-22/h3-5,8-9,15-16,18,21H,6-7,10-14,17H2,1-2H3. The Morgan fingerprint density at radius 1 is 0.909 bits per heavy atom. The molecule has 1 amide bonds. The topological polar surface area (TPSA) is 70.4 Å². The van der Waals surface area contributed by atoms with Gasteiger partial charge in [0.15, 0.2) is 5.82 Å². The summed E-state index contributed by atoms with van der Waals surface area (Å²) in [5.74, 6) is 1.91. The molecule has 5 rings (SSSR count). The fourth-order valence-corrected chi connectivity index (χ4v) is 4.96. The van der Waals surface area contributed by atoms with Crippen LogP contribution in [0.2, 0.25) is 0 Å². The monoisotopic (exact) mass is 445 g/mol. The van der Waals surface area contributed by atoms with E-state index in [1.807, 2.05) is 36.7 Å². The molecule has 0 saturated carbocycles. The number of aryl methyl sites for hydroxylation is 2. The van der Waals surface area contributed by atoms with Gasteiger partial charge in [-0.25, -0.2) is 14.6 Å². The molecule has 1 aromatic carbocycles. The maximum absolute atomic E-state index is 13.3. The number of carbonyl (C=O) groups is 1. The van der Waals surface area contributed by atoms with Crippen LogP contribution in [0.3, 0.4) is 0 Å². The van der Waals surface area contributed by atoms with Gasteiger partial charge in [0.2, 0.25) is 5.91 Å².